The normalized spacial score (nSPS) is 16.5. The van der Waals surface area contributed by atoms with Gasteiger partial charge in [0.25, 0.3) is 10.0 Å². The Morgan fingerprint density at radius 2 is 2.11 bits per heavy atom. The van der Waals surface area contributed by atoms with E-state index in [9.17, 15) is 18.0 Å². The number of aromatic nitrogens is 2. The number of amides is 1. The highest BCUT2D eigenvalue weighted by molar-refractivity contribution is 7.91. The highest BCUT2D eigenvalue weighted by Crippen LogP contribution is 2.31. The molecule has 182 valence electrons. The van der Waals surface area contributed by atoms with Crippen LogP contribution in [0, 0.1) is 0 Å². The van der Waals surface area contributed by atoms with Gasteiger partial charge in [0, 0.05) is 22.5 Å². The lowest BCUT2D eigenvalue weighted by atomic mass is 10.3. The first kappa shape index (κ1) is 23.7. The highest BCUT2D eigenvalue weighted by atomic mass is 35.5. The number of halogens is 1. The number of hydrogen-bond donors (Lipinski definition) is 1. The number of sulfonamides is 1. The van der Waals surface area contributed by atoms with Crippen molar-refractivity contribution in [3.8, 4) is 0 Å². The van der Waals surface area contributed by atoms with Gasteiger partial charge in [0.05, 0.1) is 29.9 Å². The van der Waals surface area contributed by atoms with E-state index in [4.69, 9.17) is 16.3 Å². The Hall–Kier alpha value is -2.99. The molecule has 0 radical (unpaired) electrons. The van der Waals surface area contributed by atoms with Crippen LogP contribution in [0.5, 0.6) is 0 Å². The van der Waals surface area contributed by atoms with Crippen LogP contribution in [0.1, 0.15) is 19.0 Å². The summed E-state index contributed by atoms with van der Waals surface area (Å²) in [6.45, 7) is 2.38. The fourth-order valence-electron chi connectivity index (χ4n) is 4.17. The lowest BCUT2D eigenvalue weighted by molar-refractivity contribution is -0.129. The van der Waals surface area contributed by atoms with Crippen LogP contribution in [0.2, 0.25) is 5.02 Å². The first-order chi connectivity index (χ1) is 16.8. The van der Waals surface area contributed by atoms with Crippen molar-refractivity contribution in [1.29, 1.82) is 0 Å². The summed E-state index contributed by atoms with van der Waals surface area (Å²) in [4.78, 5) is 31.5. The molecule has 1 saturated heterocycles. The Labute approximate surface area is 210 Å². The van der Waals surface area contributed by atoms with E-state index in [1.165, 1.54) is 9.47 Å². The second-order valence-electron chi connectivity index (χ2n) is 8.05. The topological polar surface area (TPSA) is 111 Å². The zero-order valence-electron chi connectivity index (χ0n) is 18.6. The molecule has 0 bridgehead atoms. The molecular weight excluding hydrogens is 512 g/mol. The molecule has 1 N–H and O–H groups in total. The van der Waals surface area contributed by atoms with Gasteiger partial charge in [-0.05, 0) is 55.1 Å². The van der Waals surface area contributed by atoms with Crippen LogP contribution < -0.4 is 4.72 Å². The van der Waals surface area contributed by atoms with Gasteiger partial charge < -0.3 is 9.64 Å². The van der Waals surface area contributed by atoms with Crippen molar-refractivity contribution in [2.45, 2.75) is 30.1 Å². The molecule has 3 aromatic heterocycles. The minimum absolute atomic E-state index is 0.119. The SMILES string of the molecule is CCOC(=O)n1c(CN2CC[C@H](NS(=O)(=O)c3cc4ccc(Cl)cc4s3)C2=O)cc2ncccc21. The lowest BCUT2D eigenvalue weighted by Gasteiger charge is -2.18. The largest absolute Gasteiger partial charge is 0.449 e. The third-order valence-corrected chi connectivity index (χ3v) is 9.05. The first-order valence-corrected chi connectivity index (χ1v) is 13.6. The third kappa shape index (κ3) is 4.52. The molecule has 0 saturated carbocycles. The van der Waals surface area contributed by atoms with Crippen LogP contribution in [0.15, 0.2) is 52.9 Å². The zero-order chi connectivity index (χ0) is 24.7. The van der Waals surface area contributed by atoms with Crippen LogP contribution in [-0.4, -0.2) is 54.1 Å². The van der Waals surface area contributed by atoms with Crippen LogP contribution in [0.25, 0.3) is 21.1 Å². The van der Waals surface area contributed by atoms with Gasteiger partial charge in [0.1, 0.15) is 10.3 Å². The van der Waals surface area contributed by atoms with Crippen LogP contribution in [0.3, 0.4) is 0 Å². The Kier molecular flexibility index (Phi) is 6.26. The second kappa shape index (κ2) is 9.23. The molecule has 4 aromatic rings. The third-order valence-electron chi connectivity index (χ3n) is 5.77. The molecule has 5 rings (SSSR count). The van der Waals surface area contributed by atoms with Gasteiger partial charge >= 0.3 is 6.09 Å². The molecule has 1 fully saturated rings. The van der Waals surface area contributed by atoms with Crippen LogP contribution in [0.4, 0.5) is 4.79 Å². The average Bonchev–Trinajstić information content (AvgIpc) is 3.50. The van der Waals surface area contributed by atoms with Crippen molar-refractivity contribution < 1.29 is 22.7 Å². The molecule has 0 unspecified atom stereocenters. The average molecular weight is 533 g/mol. The van der Waals surface area contributed by atoms with Crippen LogP contribution in [-0.2, 0) is 26.1 Å². The maximum Gasteiger partial charge on any atom is 0.418 e. The van der Waals surface area contributed by atoms with E-state index in [1.807, 2.05) is 0 Å². The lowest BCUT2D eigenvalue weighted by Crippen LogP contribution is -2.41. The second-order valence-corrected chi connectivity index (χ2v) is 11.5. The molecule has 12 heteroatoms. The maximum absolute atomic E-state index is 13.1. The Morgan fingerprint density at radius 3 is 2.91 bits per heavy atom. The molecule has 0 aliphatic carbocycles. The number of rotatable bonds is 6. The monoisotopic (exact) mass is 532 g/mol. The van der Waals surface area contributed by atoms with Crippen LogP contribution >= 0.6 is 22.9 Å². The number of nitrogens with zero attached hydrogens (tertiary/aromatic N) is 3. The fourth-order valence-corrected chi connectivity index (χ4v) is 7.08. The molecule has 4 heterocycles. The summed E-state index contributed by atoms with van der Waals surface area (Å²) in [5.41, 5.74) is 1.72. The number of carbonyl (C=O) groups excluding carboxylic acids is 2. The summed E-state index contributed by atoms with van der Waals surface area (Å²) >= 11 is 7.11. The van der Waals surface area contributed by atoms with E-state index in [2.05, 4.69) is 9.71 Å². The standard InChI is InChI=1S/C23H21ClN4O5S2/c1-2-33-23(30)28-16(12-18-19(28)4-3-8-25-18)13-27-9-7-17(22(27)29)26-35(31,32)21-10-14-5-6-15(24)11-20(14)34-21/h3-6,8,10-12,17,26H,2,7,9,13H2,1H3/t17-/m0/s1. The summed E-state index contributed by atoms with van der Waals surface area (Å²) in [7, 11) is -3.91. The zero-order valence-corrected chi connectivity index (χ0v) is 21.0. The van der Waals surface area contributed by atoms with Gasteiger partial charge in [-0.2, -0.15) is 4.72 Å². The molecule has 9 nitrogen and oxygen atoms in total. The molecule has 1 aliphatic heterocycles. The van der Waals surface area contributed by atoms with Gasteiger partial charge in [-0.25, -0.2) is 17.8 Å². The maximum atomic E-state index is 13.1. The Balaban J connectivity index is 1.36. The Morgan fingerprint density at radius 1 is 1.29 bits per heavy atom. The number of nitrogens with one attached hydrogen (secondary N) is 1. The van der Waals surface area contributed by atoms with E-state index < -0.39 is 22.2 Å². The molecule has 1 atom stereocenters. The van der Waals surface area contributed by atoms with Crippen molar-refractivity contribution in [2.75, 3.05) is 13.2 Å². The number of benzene rings is 1. The number of pyridine rings is 1. The Bertz CT molecular complexity index is 1560. The molecule has 0 spiro atoms. The van der Waals surface area contributed by atoms with E-state index in [0.29, 0.717) is 34.7 Å². The van der Waals surface area contributed by atoms with Crippen molar-refractivity contribution >= 4 is 66.1 Å². The van der Waals surface area contributed by atoms with E-state index >= 15 is 0 Å². The molecule has 35 heavy (non-hydrogen) atoms. The van der Waals surface area contributed by atoms with Gasteiger partial charge in [-0.1, -0.05) is 17.7 Å². The first-order valence-electron chi connectivity index (χ1n) is 10.9. The minimum atomic E-state index is -3.91. The molecule has 1 aliphatic rings. The predicted molar refractivity (Wildman–Crippen MR) is 133 cm³/mol. The van der Waals surface area contributed by atoms with E-state index in [-0.39, 0.29) is 23.3 Å². The summed E-state index contributed by atoms with van der Waals surface area (Å²) in [5, 5.41) is 1.29. The van der Waals surface area contributed by atoms with Crippen molar-refractivity contribution in [3.63, 3.8) is 0 Å². The molecular formula is C23H21ClN4O5S2. The van der Waals surface area contributed by atoms with Gasteiger partial charge in [0.15, 0.2) is 0 Å². The fraction of sp³-hybridized carbons (Fsp3) is 0.261. The summed E-state index contributed by atoms with van der Waals surface area (Å²) in [5.74, 6) is -0.355. The quantitative estimate of drug-likeness (QED) is 0.402. The number of hydrogen-bond acceptors (Lipinski definition) is 7. The van der Waals surface area contributed by atoms with Crippen molar-refractivity contribution in [3.05, 3.63) is 59.4 Å². The highest BCUT2D eigenvalue weighted by Gasteiger charge is 2.36. The predicted octanol–water partition coefficient (Wildman–Crippen LogP) is 3.99. The molecule has 1 amide bonds. The minimum Gasteiger partial charge on any atom is -0.449 e. The van der Waals surface area contributed by atoms with E-state index in [1.54, 1.807) is 55.6 Å². The van der Waals surface area contributed by atoms with Gasteiger partial charge in [-0.3, -0.25) is 9.78 Å². The smallest absolute Gasteiger partial charge is 0.418 e. The summed E-state index contributed by atoms with van der Waals surface area (Å²) in [6, 6.07) is 11.0. The number of ether oxygens (including phenoxy) is 1. The molecule has 1 aromatic carbocycles. The number of fused-ring (bicyclic) bond motifs is 2. The number of thiophene rings is 1. The summed E-state index contributed by atoms with van der Waals surface area (Å²) in [6.07, 6.45) is 1.38. The van der Waals surface area contributed by atoms with Gasteiger partial charge in [-0.15, -0.1) is 11.3 Å². The number of likely N-dealkylation sites (tertiary alicyclic amines) is 1. The van der Waals surface area contributed by atoms with Crippen molar-refractivity contribution in [1.82, 2.24) is 19.2 Å². The summed E-state index contributed by atoms with van der Waals surface area (Å²) < 4.78 is 36.0. The number of carbonyl (C=O) groups is 2. The van der Waals surface area contributed by atoms with Gasteiger partial charge in [0.2, 0.25) is 5.91 Å². The van der Waals surface area contributed by atoms with E-state index in [0.717, 1.165) is 21.4 Å². The van der Waals surface area contributed by atoms with Crippen molar-refractivity contribution in [2.24, 2.45) is 0 Å².